The molecular weight excluding hydrogens is 170 g/mol. The van der Waals surface area contributed by atoms with E-state index in [2.05, 4.69) is 38.1 Å². The maximum absolute atomic E-state index is 6.05. The summed E-state index contributed by atoms with van der Waals surface area (Å²) in [4.78, 5) is 0. The smallest absolute Gasteiger partial charge is 0.0119 e. The molecule has 0 fully saturated rings. The average Bonchev–Trinajstić information content (AvgIpc) is 2.21. The number of nitrogens with two attached hydrogens (primary N) is 1. The molecule has 1 rings (SSSR count). The van der Waals surface area contributed by atoms with Gasteiger partial charge in [0.15, 0.2) is 0 Å². The van der Waals surface area contributed by atoms with Crippen molar-refractivity contribution < 1.29 is 0 Å². The highest BCUT2D eigenvalue weighted by Gasteiger charge is 2.02. The zero-order chi connectivity index (χ0) is 10.4. The minimum Gasteiger partial charge on any atom is -0.402 e. The van der Waals surface area contributed by atoms with Crippen LogP contribution in [0.3, 0.4) is 0 Å². The molecule has 0 aliphatic carbocycles. The third-order valence-corrected chi connectivity index (χ3v) is 2.38. The van der Waals surface area contributed by atoms with Crippen molar-refractivity contribution in [3.63, 3.8) is 0 Å². The lowest BCUT2D eigenvalue weighted by molar-refractivity contribution is 0.889. The predicted octanol–water partition coefficient (Wildman–Crippen LogP) is 3.57. The molecule has 0 aliphatic rings. The lowest BCUT2D eigenvalue weighted by Crippen LogP contribution is -2.01. The van der Waals surface area contributed by atoms with Crippen LogP contribution in [0.4, 0.5) is 0 Å². The van der Waals surface area contributed by atoms with Crippen molar-refractivity contribution in [1.29, 1.82) is 0 Å². The molecule has 14 heavy (non-hydrogen) atoms. The third kappa shape index (κ3) is 2.63. The summed E-state index contributed by atoms with van der Waals surface area (Å²) in [5.74, 6) is 0. The predicted molar refractivity (Wildman–Crippen MR) is 62.7 cm³/mol. The molecule has 1 heteroatoms. The van der Waals surface area contributed by atoms with Crippen molar-refractivity contribution in [2.75, 3.05) is 0 Å². The third-order valence-electron chi connectivity index (χ3n) is 2.38. The van der Waals surface area contributed by atoms with Crippen molar-refractivity contribution in [2.24, 2.45) is 5.73 Å². The fourth-order valence-electron chi connectivity index (χ4n) is 1.68. The van der Waals surface area contributed by atoms with E-state index >= 15 is 0 Å². The van der Waals surface area contributed by atoms with E-state index in [1.165, 1.54) is 11.1 Å². The highest BCUT2D eigenvalue weighted by atomic mass is 14.6. The standard InChI is InChI=1S/C13H19N/c1-3-8-13(14)12(4-2)11-9-6-5-7-10-11/h5-7,9-10H,3-4,8,14H2,1-2H3/b13-12-. The normalized spacial score (nSPS) is 12.4. The molecule has 0 heterocycles. The van der Waals surface area contributed by atoms with E-state index in [1.54, 1.807) is 0 Å². The highest BCUT2D eigenvalue weighted by molar-refractivity contribution is 5.67. The van der Waals surface area contributed by atoms with Gasteiger partial charge in [-0.2, -0.15) is 0 Å². The molecule has 0 atom stereocenters. The number of benzene rings is 1. The number of rotatable bonds is 4. The highest BCUT2D eigenvalue weighted by Crippen LogP contribution is 2.21. The number of hydrogen-bond acceptors (Lipinski definition) is 1. The summed E-state index contributed by atoms with van der Waals surface area (Å²) in [6, 6.07) is 10.4. The van der Waals surface area contributed by atoms with Crippen LogP contribution in [0.5, 0.6) is 0 Å². The summed E-state index contributed by atoms with van der Waals surface area (Å²) in [5, 5.41) is 0. The second-order valence-corrected chi connectivity index (χ2v) is 3.47. The van der Waals surface area contributed by atoms with Gasteiger partial charge < -0.3 is 5.73 Å². The molecular formula is C13H19N. The zero-order valence-corrected chi connectivity index (χ0v) is 9.09. The molecule has 1 nitrogen and oxygen atoms in total. The van der Waals surface area contributed by atoms with Crippen LogP contribution >= 0.6 is 0 Å². The summed E-state index contributed by atoms with van der Waals surface area (Å²) in [6.45, 7) is 4.32. The summed E-state index contributed by atoms with van der Waals surface area (Å²) < 4.78 is 0. The van der Waals surface area contributed by atoms with Crippen LogP contribution in [-0.2, 0) is 0 Å². The molecule has 1 aromatic rings. The Kier molecular flexibility index (Phi) is 4.24. The maximum atomic E-state index is 6.05. The number of allylic oxidation sites excluding steroid dienone is 2. The Balaban J connectivity index is 2.98. The van der Waals surface area contributed by atoms with E-state index in [9.17, 15) is 0 Å². The van der Waals surface area contributed by atoms with Crippen molar-refractivity contribution in [3.8, 4) is 0 Å². The van der Waals surface area contributed by atoms with E-state index in [1.807, 2.05) is 6.07 Å². The molecule has 0 radical (unpaired) electrons. The van der Waals surface area contributed by atoms with Crippen LogP contribution in [-0.4, -0.2) is 0 Å². The van der Waals surface area contributed by atoms with E-state index in [0.717, 1.165) is 25.0 Å². The van der Waals surface area contributed by atoms with Gasteiger partial charge in [0.1, 0.15) is 0 Å². The molecule has 0 bridgehead atoms. The first kappa shape index (κ1) is 10.8. The first-order chi connectivity index (χ1) is 6.79. The van der Waals surface area contributed by atoms with Crippen LogP contribution in [0.1, 0.15) is 38.7 Å². The lowest BCUT2D eigenvalue weighted by atomic mass is 10.00. The Morgan fingerprint density at radius 2 is 1.79 bits per heavy atom. The monoisotopic (exact) mass is 189 g/mol. The minimum absolute atomic E-state index is 0.998. The fraction of sp³-hybridized carbons (Fsp3) is 0.385. The fourth-order valence-corrected chi connectivity index (χ4v) is 1.68. The SMILES string of the molecule is CCC/C(N)=C(\CC)c1ccccc1. The van der Waals surface area contributed by atoms with Crippen molar-refractivity contribution in [2.45, 2.75) is 33.1 Å². The molecule has 0 unspecified atom stereocenters. The molecule has 0 aromatic heterocycles. The molecule has 0 saturated carbocycles. The van der Waals surface area contributed by atoms with Crippen LogP contribution in [0.15, 0.2) is 36.0 Å². The van der Waals surface area contributed by atoms with Crippen molar-refractivity contribution in [1.82, 2.24) is 0 Å². The van der Waals surface area contributed by atoms with E-state index in [-0.39, 0.29) is 0 Å². The largest absolute Gasteiger partial charge is 0.402 e. The van der Waals surface area contributed by atoms with Gasteiger partial charge >= 0.3 is 0 Å². The minimum atomic E-state index is 0.998. The Morgan fingerprint density at radius 3 is 2.29 bits per heavy atom. The molecule has 0 aliphatic heterocycles. The second-order valence-electron chi connectivity index (χ2n) is 3.47. The molecule has 2 N–H and O–H groups in total. The zero-order valence-electron chi connectivity index (χ0n) is 9.09. The molecule has 0 amide bonds. The van der Waals surface area contributed by atoms with Crippen LogP contribution < -0.4 is 5.73 Å². The van der Waals surface area contributed by atoms with Gasteiger partial charge in [0.25, 0.3) is 0 Å². The summed E-state index contributed by atoms with van der Waals surface area (Å²) in [5.41, 5.74) is 9.66. The Hall–Kier alpha value is -1.24. The topological polar surface area (TPSA) is 26.0 Å². The first-order valence-electron chi connectivity index (χ1n) is 5.32. The van der Waals surface area contributed by atoms with Crippen LogP contribution in [0.25, 0.3) is 5.57 Å². The van der Waals surface area contributed by atoms with Gasteiger partial charge in [-0.15, -0.1) is 0 Å². The van der Waals surface area contributed by atoms with Crippen molar-refractivity contribution >= 4 is 5.57 Å². The van der Waals surface area contributed by atoms with Gasteiger partial charge in [-0.05, 0) is 24.0 Å². The molecule has 76 valence electrons. The summed E-state index contributed by atoms with van der Waals surface area (Å²) in [7, 11) is 0. The maximum Gasteiger partial charge on any atom is 0.0119 e. The Bertz CT molecular complexity index is 298. The first-order valence-corrected chi connectivity index (χ1v) is 5.32. The van der Waals surface area contributed by atoms with Gasteiger partial charge in [0.2, 0.25) is 0 Å². The summed E-state index contributed by atoms with van der Waals surface area (Å²) in [6.07, 6.45) is 3.12. The van der Waals surface area contributed by atoms with Gasteiger partial charge in [-0.25, -0.2) is 0 Å². The van der Waals surface area contributed by atoms with Gasteiger partial charge in [0, 0.05) is 5.70 Å². The van der Waals surface area contributed by atoms with Gasteiger partial charge in [0.05, 0.1) is 0 Å². The van der Waals surface area contributed by atoms with Crippen LogP contribution in [0, 0.1) is 0 Å². The number of hydrogen-bond donors (Lipinski definition) is 1. The summed E-state index contributed by atoms with van der Waals surface area (Å²) >= 11 is 0. The Morgan fingerprint density at radius 1 is 1.14 bits per heavy atom. The van der Waals surface area contributed by atoms with Gasteiger partial charge in [-0.1, -0.05) is 50.6 Å². The second kappa shape index (κ2) is 5.48. The Labute approximate surface area is 86.6 Å². The van der Waals surface area contributed by atoms with Gasteiger partial charge in [-0.3, -0.25) is 0 Å². The average molecular weight is 189 g/mol. The molecule has 1 aromatic carbocycles. The molecule has 0 saturated heterocycles. The van der Waals surface area contributed by atoms with Crippen LogP contribution in [0.2, 0.25) is 0 Å². The van der Waals surface area contributed by atoms with E-state index in [4.69, 9.17) is 5.73 Å². The van der Waals surface area contributed by atoms with Crippen molar-refractivity contribution in [3.05, 3.63) is 41.6 Å². The van der Waals surface area contributed by atoms with E-state index < -0.39 is 0 Å². The quantitative estimate of drug-likeness (QED) is 0.770. The molecule has 0 spiro atoms. The van der Waals surface area contributed by atoms with E-state index in [0.29, 0.717) is 0 Å². The lowest BCUT2D eigenvalue weighted by Gasteiger charge is -2.09.